The van der Waals surface area contributed by atoms with Gasteiger partial charge in [-0.05, 0) is 31.0 Å². The summed E-state index contributed by atoms with van der Waals surface area (Å²) in [5.74, 6) is 2.61. The maximum absolute atomic E-state index is 5.42. The van der Waals surface area contributed by atoms with Crippen molar-refractivity contribution in [2.75, 3.05) is 6.79 Å². The third kappa shape index (κ3) is 2.49. The van der Waals surface area contributed by atoms with E-state index in [9.17, 15) is 0 Å². The summed E-state index contributed by atoms with van der Waals surface area (Å²) in [4.78, 5) is 7.50. The van der Waals surface area contributed by atoms with E-state index in [1.165, 1.54) is 5.56 Å². The van der Waals surface area contributed by atoms with E-state index in [2.05, 4.69) is 35.2 Å². The lowest BCUT2D eigenvalue weighted by Gasteiger charge is -2.21. The number of hydrogen-bond donors (Lipinski definition) is 2. The second-order valence-corrected chi connectivity index (χ2v) is 4.94. The van der Waals surface area contributed by atoms with Gasteiger partial charge in [-0.2, -0.15) is 0 Å². The number of ether oxygens (including phenoxy) is 2. The zero-order valence-electron chi connectivity index (χ0n) is 11.7. The molecule has 2 heterocycles. The van der Waals surface area contributed by atoms with Crippen LogP contribution >= 0.6 is 0 Å². The maximum atomic E-state index is 5.42. The van der Waals surface area contributed by atoms with Crippen LogP contribution in [0.2, 0.25) is 0 Å². The van der Waals surface area contributed by atoms with E-state index in [0.29, 0.717) is 6.79 Å². The first-order chi connectivity index (χ1) is 9.78. The molecule has 5 heteroatoms. The van der Waals surface area contributed by atoms with Crippen molar-refractivity contribution in [1.82, 2.24) is 15.3 Å². The van der Waals surface area contributed by atoms with Crippen molar-refractivity contribution in [1.29, 1.82) is 0 Å². The summed E-state index contributed by atoms with van der Waals surface area (Å²) < 4.78 is 10.8. The molecule has 0 spiro atoms. The van der Waals surface area contributed by atoms with Gasteiger partial charge in [0, 0.05) is 18.4 Å². The summed E-state index contributed by atoms with van der Waals surface area (Å²) >= 11 is 0. The van der Waals surface area contributed by atoms with Crippen molar-refractivity contribution in [3.63, 3.8) is 0 Å². The van der Waals surface area contributed by atoms with Gasteiger partial charge in [-0.25, -0.2) is 4.98 Å². The normalized spacial score (nSPS) is 16.1. The van der Waals surface area contributed by atoms with E-state index < -0.39 is 0 Å². The number of fused-ring (bicyclic) bond motifs is 1. The number of aromatic amines is 1. The lowest BCUT2D eigenvalue weighted by Crippen LogP contribution is -2.25. The number of benzene rings is 1. The van der Waals surface area contributed by atoms with E-state index in [4.69, 9.17) is 9.47 Å². The number of rotatable bonds is 5. The quantitative estimate of drug-likeness (QED) is 0.879. The molecule has 0 radical (unpaired) electrons. The average molecular weight is 273 g/mol. The number of hydrogen-bond acceptors (Lipinski definition) is 4. The van der Waals surface area contributed by atoms with Crippen molar-refractivity contribution in [2.45, 2.75) is 32.4 Å². The van der Waals surface area contributed by atoms with Gasteiger partial charge in [0.2, 0.25) is 6.79 Å². The maximum Gasteiger partial charge on any atom is 0.231 e. The molecule has 0 aliphatic carbocycles. The molecular formula is C15H19N3O2. The SMILES string of the molecule is CCC(NC(C)c1ccc2c(c1)OCO2)c1ncc[nH]1. The minimum absolute atomic E-state index is 0.208. The predicted octanol–water partition coefficient (Wildman–Crippen LogP) is 2.94. The molecule has 1 aromatic carbocycles. The molecule has 5 nitrogen and oxygen atoms in total. The molecule has 0 fully saturated rings. The highest BCUT2D eigenvalue weighted by Crippen LogP contribution is 2.34. The molecule has 2 unspecified atom stereocenters. The molecule has 0 bridgehead atoms. The zero-order chi connectivity index (χ0) is 13.9. The molecule has 3 rings (SSSR count). The molecule has 1 aliphatic heterocycles. The summed E-state index contributed by atoms with van der Waals surface area (Å²) in [5.41, 5.74) is 1.18. The van der Waals surface area contributed by atoms with E-state index in [1.54, 1.807) is 6.20 Å². The molecule has 1 aliphatic rings. The Morgan fingerprint density at radius 3 is 2.95 bits per heavy atom. The van der Waals surface area contributed by atoms with Gasteiger partial charge in [0.1, 0.15) is 5.82 Å². The fourth-order valence-electron chi connectivity index (χ4n) is 2.44. The van der Waals surface area contributed by atoms with Crippen LogP contribution in [0.1, 0.15) is 43.7 Å². The Kier molecular flexibility index (Phi) is 3.60. The van der Waals surface area contributed by atoms with Crippen LogP contribution in [0.25, 0.3) is 0 Å². The number of H-pyrrole nitrogens is 1. The van der Waals surface area contributed by atoms with Gasteiger partial charge in [0.05, 0.1) is 6.04 Å². The van der Waals surface area contributed by atoms with Gasteiger partial charge in [-0.1, -0.05) is 13.0 Å². The monoisotopic (exact) mass is 273 g/mol. The topological polar surface area (TPSA) is 59.2 Å². The van der Waals surface area contributed by atoms with E-state index in [1.807, 2.05) is 18.3 Å². The Bertz CT molecular complexity index is 569. The van der Waals surface area contributed by atoms with Gasteiger partial charge >= 0.3 is 0 Å². The third-order valence-electron chi connectivity index (χ3n) is 3.61. The van der Waals surface area contributed by atoms with Crippen molar-refractivity contribution in [2.24, 2.45) is 0 Å². The van der Waals surface area contributed by atoms with Gasteiger partial charge in [-0.15, -0.1) is 0 Å². The second kappa shape index (κ2) is 5.54. The van der Waals surface area contributed by atoms with Gasteiger partial charge in [0.15, 0.2) is 11.5 Å². The molecule has 2 atom stereocenters. The van der Waals surface area contributed by atoms with Crippen molar-refractivity contribution in [3.05, 3.63) is 42.0 Å². The van der Waals surface area contributed by atoms with Crippen molar-refractivity contribution < 1.29 is 9.47 Å². The molecular weight excluding hydrogens is 254 g/mol. The summed E-state index contributed by atoms with van der Waals surface area (Å²) in [5, 5.41) is 3.59. The van der Waals surface area contributed by atoms with Crippen LogP contribution in [-0.2, 0) is 0 Å². The largest absolute Gasteiger partial charge is 0.454 e. The smallest absolute Gasteiger partial charge is 0.231 e. The Morgan fingerprint density at radius 2 is 2.20 bits per heavy atom. The van der Waals surface area contributed by atoms with Gasteiger partial charge in [-0.3, -0.25) is 0 Å². The summed E-state index contributed by atoms with van der Waals surface area (Å²) in [6.45, 7) is 4.60. The van der Waals surface area contributed by atoms with E-state index in [0.717, 1.165) is 23.7 Å². The predicted molar refractivity (Wildman–Crippen MR) is 75.7 cm³/mol. The van der Waals surface area contributed by atoms with Crippen LogP contribution in [0.4, 0.5) is 0 Å². The first-order valence-electron chi connectivity index (χ1n) is 6.92. The van der Waals surface area contributed by atoms with Crippen molar-refractivity contribution in [3.8, 4) is 11.5 Å². The summed E-state index contributed by atoms with van der Waals surface area (Å²) in [6.07, 6.45) is 4.61. The Morgan fingerprint density at radius 1 is 1.35 bits per heavy atom. The minimum atomic E-state index is 0.208. The second-order valence-electron chi connectivity index (χ2n) is 4.94. The average Bonchev–Trinajstić information content (AvgIpc) is 3.14. The van der Waals surface area contributed by atoms with Crippen LogP contribution in [0, 0.1) is 0 Å². The van der Waals surface area contributed by atoms with Gasteiger partial charge < -0.3 is 19.8 Å². The van der Waals surface area contributed by atoms with E-state index in [-0.39, 0.29) is 12.1 Å². The molecule has 2 N–H and O–H groups in total. The number of aromatic nitrogens is 2. The molecule has 0 saturated heterocycles. The third-order valence-corrected chi connectivity index (χ3v) is 3.61. The van der Waals surface area contributed by atoms with Crippen molar-refractivity contribution >= 4 is 0 Å². The minimum Gasteiger partial charge on any atom is -0.454 e. The standard InChI is InChI=1S/C15H19N3O2/c1-3-12(15-16-6-7-17-15)18-10(2)11-4-5-13-14(8-11)20-9-19-13/h4-8,10,12,18H,3,9H2,1-2H3,(H,16,17). The highest BCUT2D eigenvalue weighted by molar-refractivity contribution is 5.45. The highest BCUT2D eigenvalue weighted by atomic mass is 16.7. The fraction of sp³-hybridized carbons (Fsp3) is 0.400. The molecule has 1 aromatic heterocycles. The van der Waals surface area contributed by atoms with Crippen LogP contribution in [0.5, 0.6) is 11.5 Å². The molecule has 0 saturated carbocycles. The van der Waals surface area contributed by atoms with Crippen LogP contribution in [-0.4, -0.2) is 16.8 Å². The highest BCUT2D eigenvalue weighted by Gasteiger charge is 2.19. The zero-order valence-corrected chi connectivity index (χ0v) is 11.7. The van der Waals surface area contributed by atoms with Crippen LogP contribution in [0.15, 0.2) is 30.6 Å². The van der Waals surface area contributed by atoms with Crippen LogP contribution in [0.3, 0.4) is 0 Å². The summed E-state index contributed by atoms with van der Waals surface area (Å²) in [7, 11) is 0. The number of imidazole rings is 1. The number of nitrogens with zero attached hydrogens (tertiary/aromatic N) is 1. The first kappa shape index (κ1) is 13.0. The Balaban J connectivity index is 1.74. The Hall–Kier alpha value is -2.01. The molecule has 20 heavy (non-hydrogen) atoms. The number of nitrogens with one attached hydrogen (secondary N) is 2. The fourth-order valence-corrected chi connectivity index (χ4v) is 2.44. The first-order valence-corrected chi connectivity index (χ1v) is 6.92. The molecule has 106 valence electrons. The van der Waals surface area contributed by atoms with Crippen LogP contribution < -0.4 is 14.8 Å². The Labute approximate surface area is 118 Å². The van der Waals surface area contributed by atoms with Gasteiger partial charge in [0.25, 0.3) is 0 Å². The summed E-state index contributed by atoms with van der Waals surface area (Å²) in [6, 6.07) is 6.49. The molecule has 0 amide bonds. The lowest BCUT2D eigenvalue weighted by molar-refractivity contribution is 0.174. The molecule has 2 aromatic rings. The van der Waals surface area contributed by atoms with E-state index >= 15 is 0 Å². The lowest BCUT2D eigenvalue weighted by atomic mass is 10.1.